The van der Waals surface area contributed by atoms with Crippen molar-refractivity contribution in [3.8, 4) is 0 Å². The molecule has 0 fully saturated rings. The van der Waals surface area contributed by atoms with Crippen molar-refractivity contribution in [3.05, 3.63) is 60.2 Å². The summed E-state index contributed by atoms with van der Waals surface area (Å²) in [5.41, 5.74) is 1.32. The van der Waals surface area contributed by atoms with Crippen LogP contribution in [-0.2, 0) is 9.53 Å². The van der Waals surface area contributed by atoms with Gasteiger partial charge in [0.2, 0.25) is 0 Å². The molecular formula is C15H20O2. The quantitative estimate of drug-likeness (QED) is 0.451. The van der Waals surface area contributed by atoms with E-state index in [0.29, 0.717) is 6.61 Å². The van der Waals surface area contributed by atoms with Gasteiger partial charge in [-0.05, 0) is 20.8 Å². The smallest absolute Gasteiger partial charge is 0.330 e. The molecule has 17 heavy (non-hydrogen) atoms. The van der Waals surface area contributed by atoms with Crippen LogP contribution in [-0.4, -0.2) is 12.6 Å². The predicted octanol–water partition coefficient (Wildman–Crippen LogP) is 3.68. The Morgan fingerprint density at radius 1 is 1.24 bits per heavy atom. The number of benzene rings is 1. The molecule has 0 aliphatic heterocycles. The maximum Gasteiger partial charge on any atom is 0.330 e. The van der Waals surface area contributed by atoms with Crippen LogP contribution in [0.3, 0.4) is 0 Å². The lowest BCUT2D eigenvalue weighted by Gasteiger charge is -1.92. The van der Waals surface area contributed by atoms with Crippen molar-refractivity contribution >= 4 is 5.97 Å². The van der Waals surface area contributed by atoms with Gasteiger partial charge in [0.1, 0.15) is 0 Å². The van der Waals surface area contributed by atoms with Crippen LogP contribution in [0.25, 0.3) is 0 Å². The molecule has 0 aliphatic rings. The largest absolute Gasteiger partial charge is 0.463 e. The van der Waals surface area contributed by atoms with Gasteiger partial charge in [-0.15, -0.1) is 0 Å². The Balaban J connectivity index is 0.000000318. The number of hydrogen-bond acceptors (Lipinski definition) is 2. The number of rotatable bonds is 3. The van der Waals surface area contributed by atoms with Crippen LogP contribution < -0.4 is 0 Å². The van der Waals surface area contributed by atoms with Crippen LogP contribution >= 0.6 is 0 Å². The molecule has 0 heterocycles. The van der Waals surface area contributed by atoms with E-state index in [2.05, 4.69) is 23.8 Å². The minimum Gasteiger partial charge on any atom is -0.463 e. The molecule has 92 valence electrons. The molecule has 1 rings (SSSR count). The number of hydrogen-bond donors (Lipinski definition) is 0. The first-order valence-electron chi connectivity index (χ1n) is 5.68. The van der Waals surface area contributed by atoms with E-state index >= 15 is 0 Å². The Morgan fingerprint density at radius 3 is 2.29 bits per heavy atom. The summed E-state index contributed by atoms with van der Waals surface area (Å²) in [6.45, 7) is 6.18. The molecule has 0 bridgehead atoms. The second kappa shape index (κ2) is 10.7. The standard InChI is InChI=1S/C8H12O2.C7H8/c1-3-5-6-7-8(9)10-4-2;1-7-5-3-2-4-6-7/h3,5-7H,4H2,1-2H3;2-6H,1H3/b5-3+,7-6+;. The second-order valence-electron chi connectivity index (χ2n) is 3.29. The van der Waals surface area contributed by atoms with Crippen molar-refractivity contribution in [2.75, 3.05) is 6.61 Å². The van der Waals surface area contributed by atoms with Crippen molar-refractivity contribution in [2.45, 2.75) is 20.8 Å². The normalized spacial score (nSPS) is 10.1. The summed E-state index contributed by atoms with van der Waals surface area (Å²) >= 11 is 0. The summed E-state index contributed by atoms with van der Waals surface area (Å²) in [5.74, 6) is -0.291. The number of ether oxygens (including phenoxy) is 1. The summed E-state index contributed by atoms with van der Waals surface area (Å²) in [4.78, 5) is 10.6. The van der Waals surface area contributed by atoms with Gasteiger partial charge < -0.3 is 4.74 Å². The highest BCUT2D eigenvalue weighted by Crippen LogP contribution is 1.92. The zero-order chi connectivity index (χ0) is 12.9. The Labute approximate surface area is 104 Å². The third kappa shape index (κ3) is 10.5. The molecule has 0 N–H and O–H groups in total. The Hall–Kier alpha value is -1.83. The van der Waals surface area contributed by atoms with Gasteiger partial charge >= 0.3 is 5.97 Å². The predicted molar refractivity (Wildman–Crippen MR) is 71.8 cm³/mol. The van der Waals surface area contributed by atoms with Crippen LogP contribution in [0.15, 0.2) is 54.6 Å². The molecule has 1 aromatic rings. The van der Waals surface area contributed by atoms with Crippen LogP contribution in [0.5, 0.6) is 0 Å². The van der Waals surface area contributed by atoms with E-state index in [1.165, 1.54) is 11.6 Å². The maximum atomic E-state index is 10.6. The van der Waals surface area contributed by atoms with Crippen molar-refractivity contribution in [1.82, 2.24) is 0 Å². The van der Waals surface area contributed by atoms with Crippen LogP contribution in [0.2, 0.25) is 0 Å². The van der Waals surface area contributed by atoms with Gasteiger partial charge in [0.05, 0.1) is 6.61 Å². The highest BCUT2D eigenvalue weighted by Gasteiger charge is 1.89. The molecule has 0 radical (unpaired) electrons. The second-order valence-corrected chi connectivity index (χ2v) is 3.29. The van der Waals surface area contributed by atoms with Gasteiger partial charge in [-0.2, -0.15) is 0 Å². The summed E-state index contributed by atoms with van der Waals surface area (Å²) in [7, 11) is 0. The number of carbonyl (C=O) groups is 1. The van der Waals surface area contributed by atoms with Gasteiger partial charge in [-0.3, -0.25) is 0 Å². The first-order valence-corrected chi connectivity index (χ1v) is 5.68. The molecular weight excluding hydrogens is 212 g/mol. The van der Waals surface area contributed by atoms with Crippen LogP contribution in [0.4, 0.5) is 0 Å². The lowest BCUT2D eigenvalue weighted by molar-refractivity contribution is -0.137. The van der Waals surface area contributed by atoms with Gasteiger partial charge in [-0.25, -0.2) is 4.79 Å². The third-order valence-corrected chi connectivity index (χ3v) is 1.76. The molecule has 0 saturated carbocycles. The van der Waals surface area contributed by atoms with Gasteiger partial charge in [-0.1, -0.05) is 54.1 Å². The van der Waals surface area contributed by atoms with E-state index in [-0.39, 0.29) is 5.97 Å². The van der Waals surface area contributed by atoms with Crippen molar-refractivity contribution in [1.29, 1.82) is 0 Å². The fourth-order valence-electron chi connectivity index (χ4n) is 0.970. The topological polar surface area (TPSA) is 26.3 Å². The van der Waals surface area contributed by atoms with E-state index in [0.717, 1.165) is 0 Å². The lowest BCUT2D eigenvalue weighted by Crippen LogP contribution is -1.98. The fraction of sp³-hybridized carbons (Fsp3) is 0.267. The van der Waals surface area contributed by atoms with Crippen molar-refractivity contribution < 1.29 is 9.53 Å². The molecule has 0 amide bonds. The average Bonchev–Trinajstić information content (AvgIpc) is 2.31. The highest BCUT2D eigenvalue weighted by molar-refractivity contribution is 5.82. The van der Waals surface area contributed by atoms with E-state index < -0.39 is 0 Å². The summed E-state index contributed by atoms with van der Waals surface area (Å²) in [6, 6.07) is 10.3. The Bertz CT molecular complexity index is 350. The molecule has 1 aromatic carbocycles. The van der Waals surface area contributed by atoms with E-state index in [9.17, 15) is 4.79 Å². The SMILES string of the molecule is C/C=C/C=C/C(=O)OCC.Cc1ccccc1. The maximum absolute atomic E-state index is 10.6. The molecule has 0 atom stereocenters. The summed E-state index contributed by atoms with van der Waals surface area (Å²) in [6.07, 6.45) is 6.66. The van der Waals surface area contributed by atoms with Crippen LogP contribution in [0.1, 0.15) is 19.4 Å². The van der Waals surface area contributed by atoms with E-state index in [1.807, 2.05) is 31.2 Å². The Morgan fingerprint density at radius 2 is 1.88 bits per heavy atom. The first-order chi connectivity index (χ1) is 8.20. The van der Waals surface area contributed by atoms with Crippen molar-refractivity contribution in [3.63, 3.8) is 0 Å². The lowest BCUT2D eigenvalue weighted by atomic mass is 10.2. The van der Waals surface area contributed by atoms with Gasteiger partial charge in [0.25, 0.3) is 0 Å². The zero-order valence-electron chi connectivity index (χ0n) is 10.7. The summed E-state index contributed by atoms with van der Waals surface area (Å²) < 4.78 is 4.63. The molecule has 0 spiro atoms. The van der Waals surface area contributed by atoms with Crippen molar-refractivity contribution in [2.24, 2.45) is 0 Å². The minimum absolute atomic E-state index is 0.291. The number of esters is 1. The van der Waals surface area contributed by atoms with E-state index in [1.54, 1.807) is 19.1 Å². The van der Waals surface area contributed by atoms with Crippen LogP contribution in [0, 0.1) is 6.92 Å². The van der Waals surface area contributed by atoms with Gasteiger partial charge in [0, 0.05) is 6.08 Å². The highest BCUT2D eigenvalue weighted by atomic mass is 16.5. The fourth-order valence-corrected chi connectivity index (χ4v) is 0.970. The minimum atomic E-state index is -0.291. The summed E-state index contributed by atoms with van der Waals surface area (Å²) in [5, 5.41) is 0. The Kier molecular flexibility index (Phi) is 9.53. The molecule has 0 unspecified atom stereocenters. The molecule has 0 aliphatic carbocycles. The molecule has 0 saturated heterocycles. The first kappa shape index (κ1) is 15.2. The third-order valence-electron chi connectivity index (χ3n) is 1.76. The number of carbonyl (C=O) groups excluding carboxylic acids is 1. The van der Waals surface area contributed by atoms with Gasteiger partial charge in [0.15, 0.2) is 0 Å². The molecule has 0 aromatic heterocycles. The van der Waals surface area contributed by atoms with E-state index in [4.69, 9.17) is 0 Å². The molecule has 2 nitrogen and oxygen atoms in total. The number of aryl methyl sites for hydroxylation is 1. The average molecular weight is 232 g/mol. The monoisotopic (exact) mass is 232 g/mol. The number of allylic oxidation sites excluding steroid dienone is 3. The molecule has 2 heteroatoms. The zero-order valence-corrected chi connectivity index (χ0v) is 10.7.